The molecule has 3 N–H and O–H groups in total. The zero-order valence-electron chi connectivity index (χ0n) is 12.5. The topological polar surface area (TPSA) is 83.6 Å². The van der Waals surface area contributed by atoms with Crippen LogP contribution in [-0.4, -0.2) is 41.0 Å². The summed E-state index contributed by atoms with van der Waals surface area (Å²) in [6.07, 6.45) is 0.500. The fourth-order valence-electron chi connectivity index (χ4n) is 3.12. The first-order valence-corrected chi connectivity index (χ1v) is 7.32. The molecule has 114 valence electrons. The van der Waals surface area contributed by atoms with E-state index < -0.39 is 17.4 Å². The monoisotopic (exact) mass is 290 g/mol. The van der Waals surface area contributed by atoms with Crippen LogP contribution in [0.2, 0.25) is 0 Å². The standard InChI is InChI=1S/C16H22N2O3/c1-3-18(4-2)15(21)16(11-8-6-5-7-9-11)10-12(16)13(17)14(19)20/h5-9,12-13H,3-4,10,17H2,1-2H3,(H,19,20)/t12-,13+,16+/m0/s1. The van der Waals surface area contributed by atoms with Gasteiger partial charge in [0.15, 0.2) is 0 Å². The van der Waals surface area contributed by atoms with Gasteiger partial charge in [0, 0.05) is 19.0 Å². The molecule has 0 aromatic heterocycles. The number of carbonyl (C=O) groups is 2. The fourth-order valence-corrected chi connectivity index (χ4v) is 3.12. The van der Waals surface area contributed by atoms with Crippen molar-refractivity contribution in [2.75, 3.05) is 13.1 Å². The van der Waals surface area contributed by atoms with E-state index in [4.69, 9.17) is 10.8 Å². The Kier molecular flexibility index (Phi) is 4.32. The van der Waals surface area contributed by atoms with Gasteiger partial charge in [-0.2, -0.15) is 0 Å². The molecule has 1 aliphatic carbocycles. The number of amides is 1. The highest BCUT2D eigenvalue weighted by molar-refractivity contribution is 5.94. The van der Waals surface area contributed by atoms with Gasteiger partial charge in [0.25, 0.3) is 0 Å². The number of aliphatic carboxylic acids is 1. The lowest BCUT2D eigenvalue weighted by Gasteiger charge is -2.27. The predicted octanol–water partition coefficient (Wildman–Crippen LogP) is 1.22. The fraction of sp³-hybridized carbons (Fsp3) is 0.500. The Bertz CT molecular complexity index is 528. The van der Waals surface area contributed by atoms with Crippen LogP contribution in [0.3, 0.4) is 0 Å². The molecule has 5 heteroatoms. The average molecular weight is 290 g/mol. The van der Waals surface area contributed by atoms with Crippen LogP contribution in [0.15, 0.2) is 30.3 Å². The van der Waals surface area contributed by atoms with Crippen molar-refractivity contribution in [1.29, 1.82) is 0 Å². The molecule has 1 aliphatic rings. The number of hydrogen-bond acceptors (Lipinski definition) is 3. The number of carboxylic acids is 1. The van der Waals surface area contributed by atoms with Crippen molar-refractivity contribution >= 4 is 11.9 Å². The maximum atomic E-state index is 12.9. The van der Waals surface area contributed by atoms with Gasteiger partial charge in [0.2, 0.25) is 5.91 Å². The van der Waals surface area contributed by atoms with Crippen molar-refractivity contribution < 1.29 is 14.7 Å². The number of hydrogen-bond donors (Lipinski definition) is 2. The van der Waals surface area contributed by atoms with Crippen LogP contribution in [0.5, 0.6) is 0 Å². The highest BCUT2D eigenvalue weighted by Crippen LogP contribution is 2.56. The van der Waals surface area contributed by atoms with Gasteiger partial charge < -0.3 is 15.7 Å². The SMILES string of the molecule is CCN(CC)C(=O)[C@@]1(c2ccccc2)C[C@H]1[C@@H](N)C(=O)O. The van der Waals surface area contributed by atoms with E-state index in [1.165, 1.54) is 0 Å². The van der Waals surface area contributed by atoms with E-state index in [2.05, 4.69) is 0 Å². The minimum Gasteiger partial charge on any atom is -0.480 e. The molecule has 5 nitrogen and oxygen atoms in total. The minimum atomic E-state index is -1.05. The van der Waals surface area contributed by atoms with Crippen molar-refractivity contribution in [3.63, 3.8) is 0 Å². The minimum absolute atomic E-state index is 0.0135. The number of carbonyl (C=O) groups excluding carboxylic acids is 1. The molecule has 0 unspecified atom stereocenters. The number of likely N-dealkylation sites (N-methyl/N-ethyl adjacent to an activating group) is 1. The number of benzene rings is 1. The number of rotatable bonds is 6. The lowest BCUT2D eigenvalue weighted by molar-refractivity contribution is -0.139. The van der Waals surface area contributed by atoms with Crippen molar-refractivity contribution in [2.45, 2.75) is 31.7 Å². The molecule has 1 saturated carbocycles. The molecule has 0 radical (unpaired) electrons. The maximum Gasteiger partial charge on any atom is 0.320 e. The molecule has 3 atom stereocenters. The lowest BCUT2D eigenvalue weighted by Crippen LogP contribution is -2.44. The van der Waals surface area contributed by atoms with Crippen LogP contribution in [0.25, 0.3) is 0 Å². The quantitative estimate of drug-likeness (QED) is 0.825. The third-order valence-corrected chi connectivity index (χ3v) is 4.45. The molecule has 0 spiro atoms. The van der Waals surface area contributed by atoms with Crippen LogP contribution in [-0.2, 0) is 15.0 Å². The van der Waals surface area contributed by atoms with Crippen LogP contribution >= 0.6 is 0 Å². The van der Waals surface area contributed by atoms with Gasteiger partial charge in [-0.25, -0.2) is 0 Å². The van der Waals surface area contributed by atoms with E-state index >= 15 is 0 Å². The van der Waals surface area contributed by atoms with Crippen LogP contribution in [0, 0.1) is 5.92 Å². The van der Waals surface area contributed by atoms with E-state index in [-0.39, 0.29) is 11.8 Å². The first-order chi connectivity index (χ1) is 9.98. The number of nitrogens with zero attached hydrogens (tertiary/aromatic N) is 1. The predicted molar refractivity (Wildman–Crippen MR) is 79.8 cm³/mol. The normalized spacial score (nSPS) is 25.2. The van der Waals surface area contributed by atoms with E-state index in [1.54, 1.807) is 4.90 Å². The van der Waals surface area contributed by atoms with Gasteiger partial charge in [-0.05, 0) is 25.8 Å². The smallest absolute Gasteiger partial charge is 0.320 e. The van der Waals surface area contributed by atoms with Crippen molar-refractivity contribution in [2.24, 2.45) is 11.7 Å². The third kappa shape index (κ3) is 2.53. The molecule has 1 fully saturated rings. The Balaban J connectivity index is 2.39. The molecular formula is C16H22N2O3. The summed E-state index contributed by atoms with van der Waals surface area (Å²) in [5.74, 6) is -1.41. The van der Waals surface area contributed by atoms with Crippen molar-refractivity contribution in [3.05, 3.63) is 35.9 Å². The molecule has 0 heterocycles. The zero-order valence-corrected chi connectivity index (χ0v) is 12.5. The van der Waals surface area contributed by atoms with E-state index in [1.807, 2.05) is 44.2 Å². The Morgan fingerprint density at radius 3 is 2.38 bits per heavy atom. The van der Waals surface area contributed by atoms with Crippen LogP contribution in [0.4, 0.5) is 0 Å². The van der Waals surface area contributed by atoms with E-state index in [0.29, 0.717) is 19.5 Å². The molecule has 1 amide bonds. The Morgan fingerprint density at radius 2 is 1.90 bits per heavy atom. The highest BCUT2D eigenvalue weighted by atomic mass is 16.4. The molecule has 0 bridgehead atoms. The average Bonchev–Trinajstić information content (AvgIpc) is 3.25. The van der Waals surface area contributed by atoms with Gasteiger partial charge in [-0.1, -0.05) is 30.3 Å². The summed E-state index contributed by atoms with van der Waals surface area (Å²) in [6.45, 7) is 5.07. The summed E-state index contributed by atoms with van der Waals surface area (Å²) in [5.41, 5.74) is 5.88. The number of nitrogens with two attached hydrogens (primary N) is 1. The molecule has 1 aromatic rings. The molecule has 1 aromatic carbocycles. The van der Waals surface area contributed by atoms with E-state index in [9.17, 15) is 9.59 Å². The Labute approximate surface area is 124 Å². The summed E-state index contributed by atoms with van der Waals surface area (Å²) >= 11 is 0. The van der Waals surface area contributed by atoms with Crippen molar-refractivity contribution in [3.8, 4) is 0 Å². The maximum absolute atomic E-state index is 12.9. The largest absolute Gasteiger partial charge is 0.480 e. The second kappa shape index (κ2) is 5.85. The summed E-state index contributed by atoms with van der Waals surface area (Å²) in [4.78, 5) is 25.8. The van der Waals surface area contributed by atoms with Gasteiger partial charge in [-0.15, -0.1) is 0 Å². The number of carboxylic acid groups (broad SMARTS) is 1. The van der Waals surface area contributed by atoms with Gasteiger partial charge in [-0.3, -0.25) is 9.59 Å². The van der Waals surface area contributed by atoms with Crippen molar-refractivity contribution in [1.82, 2.24) is 4.90 Å². The lowest BCUT2D eigenvalue weighted by atomic mass is 9.89. The highest BCUT2D eigenvalue weighted by Gasteiger charge is 2.65. The Hall–Kier alpha value is -1.88. The molecular weight excluding hydrogens is 268 g/mol. The first kappa shape index (κ1) is 15.5. The second-order valence-electron chi connectivity index (χ2n) is 5.49. The molecule has 21 heavy (non-hydrogen) atoms. The molecule has 0 saturated heterocycles. The van der Waals surface area contributed by atoms with Gasteiger partial charge in [0.05, 0.1) is 5.41 Å². The van der Waals surface area contributed by atoms with E-state index in [0.717, 1.165) is 5.56 Å². The Morgan fingerprint density at radius 1 is 1.33 bits per heavy atom. The van der Waals surface area contributed by atoms with Crippen LogP contribution < -0.4 is 5.73 Å². The van der Waals surface area contributed by atoms with Gasteiger partial charge >= 0.3 is 5.97 Å². The zero-order chi connectivity index (χ0) is 15.6. The molecule has 2 rings (SSSR count). The first-order valence-electron chi connectivity index (χ1n) is 7.32. The third-order valence-electron chi connectivity index (χ3n) is 4.45. The summed E-state index contributed by atoms with van der Waals surface area (Å²) in [5, 5.41) is 9.16. The second-order valence-corrected chi connectivity index (χ2v) is 5.49. The summed E-state index contributed by atoms with van der Waals surface area (Å²) < 4.78 is 0. The molecule has 0 aliphatic heterocycles. The summed E-state index contributed by atoms with van der Waals surface area (Å²) in [7, 11) is 0. The van der Waals surface area contributed by atoms with Crippen LogP contribution in [0.1, 0.15) is 25.8 Å². The van der Waals surface area contributed by atoms with Gasteiger partial charge in [0.1, 0.15) is 6.04 Å². The summed E-state index contributed by atoms with van der Waals surface area (Å²) in [6, 6.07) is 8.38.